The largest absolute Gasteiger partial charge is 0.358 e. The molecule has 7 nitrogen and oxygen atoms in total. The van der Waals surface area contributed by atoms with E-state index >= 15 is 0 Å². The second-order valence-corrected chi connectivity index (χ2v) is 9.55. The number of nitrogens with zero attached hydrogens (tertiary/aromatic N) is 4. The van der Waals surface area contributed by atoms with E-state index in [9.17, 15) is 0 Å². The van der Waals surface area contributed by atoms with Crippen LogP contribution in [0.1, 0.15) is 13.8 Å². The molecule has 0 aromatic carbocycles. The number of aromatic amines is 2. The highest BCUT2D eigenvalue weighted by atomic mass is 32.1. The fourth-order valence-electron chi connectivity index (χ4n) is 4.08. The third-order valence-corrected chi connectivity index (χ3v) is 6.79. The van der Waals surface area contributed by atoms with Crippen LogP contribution in [-0.2, 0) is 0 Å². The zero-order valence-electron chi connectivity index (χ0n) is 19.3. The van der Waals surface area contributed by atoms with Gasteiger partial charge in [0.2, 0.25) is 0 Å². The molecule has 6 rings (SSSR count). The first-order chi connectivity index (χ1) is 17.1. The number of anilines is 1. The van der Waals surface area contributed by atoms with Crippen molar-refractivity contribution < 1.29 is 0 Å². The van der Waals surface area contributed by atoms with Crippen LogP contribution in [0.5, 0.6) is 0 Å². The maximum absolute atomic E-state index is 4.65. The van der Waals surface area contributed by atoms with Crippen molar-refractivity contribution in [3.05, 3.63) is 78.2 Å². The number of hydrogen-bond acceptors (Lipinski definition) is 6. The molecule has 0 atom stereocenters. The molecule has 0 aliphatic rings. The molecule has 8 heteroatoms. The van der Waals surface area contributed by atoms with Gasteiger partial charge < -0.3 is 10.3 Å². The lowest BCUT2D eigenvalue weighted by molar-refractivity contribution is 0.778. The quantitative estimate of drug-likeness (QED) is 0.243. The van der Waals surface area contributed by atoms with Crippen LogP contribution in [0.25, 0.3) is 55.7 Å². The molecule has 35 heavy (non-hydrogen) atoms. The first-order valence-corrected chi connectivity index (χ1v) is 12.3. The van der Waals surface area contributed by atoms with Gasteiger partial charge in [0.15, 0.2) is 0 Å². The molecule has 0 spiro atoms. The van der Waals surface area contributed by atoms with Gasteiger partial charge in [-0.3, -0.25) is 15.1 Å². The minimum absolute atomic E-state index is 0.327. The molecular formula is C27H23N7S. The first-order valence-electron chi connectivity index (χ1n) is 11.3. The monoisotopic (exact) mass is 477 g/mol. The maximum Gasteiger partial charge on any atom is 0.138 e. The van der Waals surface area contributed by atoms with Crippen molar-refractivity contribution in [2.45, 2.75) is 13.8 Å². The number of allylic oxidation sites excluding steroid dienone is 1. The molecule has 0 saturated heterocycles. The van der Waals surface area contributed by atoms with Crippen molar-refractivity contribution in [1.82, 2.24) is 30.1 Å². The van der Waals surface area contributed by atoms with Crippen LogP contribution < -0.4 is 5.32 Å². The van der Waals surface area contributed by atoms with Crippen molar-refractivity contribution in [3.8, 4) is 33.8 Å². The van der Waals surface area contributed by atoms with E-state index in [4.69, 9.17) is 0 Å². The van der Waals surface area contributed by atoms with Gasteiger partial charge in [0.1, 0.15) is 11.3 Å². The predicted octanol–water partition coefficient (Wildman–Crippen LogP) is 6.87. The fraction of sp³-hybridized carbons (Fsp3) is 0.111. The fourth-order valence-corrected chi connectivity index (χ4v) is 4.74. The van der Waals surface area contributed by atoms with Crippen LogP contribution in [0.4, 0.5) is 5.69 Å². The van der Waals surface area contributed by atoms with Crippen molar-refractivity contribution in [1.29, 1.82) is 0 Å². The average Bonchev–Trinajstić information content (AvgIpc) is 3.62. The third-order valence-electron chi connectivity index (χ3n) is 6.10. The minimum atomic E-state index is 0.327. The predicted molar refractivity (Wildman–Crippen MR) is 143 cm³/mol. The van der Waals surface area contributed by atoms with E-state index in [1.54, 1.807) is 17.5 Å². The Morgan fingerprint density at radius 1 is 1.03 bits per heavy atom. The van der Waals surface area contributed by atoms with Crippen LogP contribution in [-0.4, -0.2) is 30.1 Å². The summed E-state index contributed by atoms with van der Waals surface area (Å²) in [7, 11) is 0. The number of pyridine rings is 3. The summed E-state index contributed by atoms with van der Waals surface area (Å²) < 4.78 is 0. The molecule has 172 valence electrons. The Balaban J connectivity index is 1.41. The molecule has 0 amide bonds. The van der Waals surface area contributed by atoms with Gasteiger partial charge in [0.05, 0.1) is 35.0 Å². The number of rotatable bonds is 6. The van der Waals surface area contributed by atoms with E-state index in [0.29, 0.717) is 5.92 Å². The molecule has 3 N–H and O–H groups in total. The number of hydrogen-bond donors (Lipinski definition) is 3. The second-order valence-electron chi connectivity index (χ2n) is 8.77. The van der Waals surface area contributed by atoms with E-state index in [1.807, 2.05) is 30.7 Å². The van der Waals surface area contributed by atoms with Crippen LogP contribution in [0, 0.1) is 5.92 Å². The Labute approximate surface area is 206 Å². The Morgan fingerprint density at radius 2 is 1.94 bits per heavy atom. The highest BCUT2D eigenvalue weighted by molar-refractivity contribution is 7.08. The molecule has 0 aliphatic heterocycles. The lowest BCUT2D eigenvalue weighted by Crippen LogP contribution is -2.04. The smallest absolute Gasteiger partial charge is 0.138 e. The number of fused-ring (bicyclic) bond motifs is 2. The SMILES string of the molecule is C=C(Nc1cncc(-c2cc3c(-c4cc5c(-c6ccsc6)ccnc5[nH]4)n[nH]c3cn2)c1)C(C)C. The van der Waals surface area contributed by atoms with Crippen molar-refractivity contribution in [3.63, 3.8) is 0 Å². The molecule has 0 unspecified atom stereocenters. The van der Waals surface area contributed by atoms with Crippen LogP contribution >= 0.6 is 11.3 Å². The molecule has 0 saturated carbocycles. The Kier molecular flexibility index (Phi) is 5.15. The third kappa shape index (κ3) is 3.87. The van der Waals surface area contributed by atoms with Gasteiger partial charge in [-0.05, 0) is 58.1 Å². The van der Waals surface area contributed by atoms with Gasteiger partial charge in [-0.2, -0.15) is 16.4 Å². The summed E-state index contributed by atoms with van der Waals surface area (Å²) in [5.74, 6) is 0.327. The van der Waals surface area contributed by atoms with Crippen molar-refractivity contribution >= 4 is 39.0 Å². The molecule has 6 aromatic rings. The Hall–Kier alpha value is -4.30. The molecule has 6 heterocycles. The zero-order chi connectivity index (χ0) is 23.9. The standard InChI is InChI=1S/C27H23N7S/c1-15(2)16(3)31-19-8-18(11-28-12-19)23-10-22-25(13-30-23)33-34-26(22)24-9-21-20(17-5-7-35-14-17)4-6-29-27(21)32-24/h4-15,31H,3H2,1-2H3,(H,29,32)(H,33,34). The summed E-state index contributed by atoms with van der Waals surface area (Å²) in [4.78, 5) is 17.0. The molecular weight excluding hydrogens is 454 g/mol. The molecule has 0 radical (unpaired) electrons. The summed E-state index contributed by atoms with van der Waals surface area (Å²) in [6.07, 6.45) is 7.26. The van der Waals surface area contributed by atoms with E-state index < -0.39 is 0 Å². The molecule has 0 bridgehead atoms. The van der Waals surface area contributed by atoms with Gasteiger partial charge in [0.25, 0.3) is 0 Å². The zero-order valence-corrected chi connectivity index (χ0v) is 20.1. The highest BCUT2D eigenvalue weighted by Gasteiger charge is 2.16. The molecule has 0 aliphatic carbocycles. The summed E-state index contributed by atoms with van der Waals surface area (Å²) in [6, 6.07) is 10.4. The Morgan fingerprint density at radius 3 is 2.77 bits per heavy atom. The van der Waals surface area contributed by atoms with Crippen molar-refractivity contribution in [2.75, 3.05) is 5.32 Å². The van der Waals surface area contributed by atoms with Gasteiger partial charge in [-0.25, -0.2) is 4.98 Å². The van der Waals surface area contributed by atoms with E-state index in [0.717, 1.165) is 61.5 Å². The summed E-state index contributed by atoms with van der Waals surface area (Å²) in [6.45, 7) is 8.30. The van der Waals surface area contributed by atoms with Crippen LogP contribution in [0.3, 0.4) is 0 Å². The normalized spacial score (nSPS) is 11.5. The highest BCUT2D eigenvalue weighted by Crippen LogP contribution is 2.34. The van der Waals surface area contributed by atoms with Gasteiger partial charge in [0, 0.05) is 34.4 Å². The molecule has 6 aromatic heterocycles. The number of aromatic nitrogens is 6. The van der Waals surface area contributed by atoms with Crippen molar-refractivity contribution in [2.24, 2.45) is 5.92 Å². The lowest BCUT2D eigenvalue weighted by Gasteiger charge is -2.13. The average molecular weight is 478 g/mol. The number of H-pyrrole nitrogens is 2. The second kappa shape index (κ2) is 8.48. The summed E-state index contributed by atoms with van der Waals surface area (Å²) in [5, 5.41) is 17.3. The van der Waals surface area contributed by atoms with Gasteiger partial charge in [-0.15, -0.1) is 0 Å². The number of thiophene rings is 1. The Bertz CT molecular complexity index is 1670. The topological polar surface area (TPSA) is 95.2 Å². The first kappa shape index (κ1) is 21.2. The van der Waals surface area contributed by atoms with E-state index in [1.165, 1.54) is 5.56 Å². The summed E-state index contributed by atoms with van der Waals surface area (Å²) in [5.41, 5.74) is 9.34. The summed E-state index contributed by atoms with van der Waals surface area (Å²) >= 11 is 1.68. The van der Waals surface area contributed by atoms with E-state index in [2.05, 4.69) is 84.8 Å². The lowest BCUT2D eigenvalue weighted by atomic mass is 10.1. The van der Waals surface area contributed by atoms with Crippen LogP contribution in [0.15, 0.2) is 78.2 Å². The minimum Gasteiger partial charge on any atom is -0.358 e. The molecule has 0 fully saturated rings. The van der Waals surface area contributed by atoms with Gasteiger partial charge in [-0.1, -0.05) is 20.4 Å². The maximum atomic E-state index is 4.65. The van der Waals surface area contributed by atoms with E-state index in [-0.39, 0.29) is 0 Å². The number of nitrogens with one attached hydrogen (secondary N) is 3. The van der Waals surface area contributed by atoms with Gasteiger partial charge >= 0.3 is 0 Å². The van der Waals surface area contributed by atoms with Crippen LogP contribution in [0.2, 0.25) is 0 Å².